The van der Waals surface area contributed by atoms with E-state index in [9.17, 15) is 0 Å². The number of ether oxygens (including phenoxy) is 3. The molecule has 0 radical (unpaired) electrons. The van der Waals surface area contributed by atoms with Gasteiger partial charge in [-0.05, 0) is 42.8 Å². The van der Waals surface area contributed by atoms with Gasteiger partial charge in [0.2, 0.25) is 6.79 Å². The van der Waals surface area contributed by atoms with Crippen LogP contribution in [0.25, 0.3) is 0 Å². The highest BCUT2D eigenvalue weighted by molar-refractivity contribution is 6.17. The van der Waals surface area contributed by atoms with Crippen molar-refractivity contribution in [3.05, 3.63) is 53.1 Å². The first-order valence-electron chi connectivity index (χ1n) is 7.43. The lowest BCUT2D eigenvalue weighted by molar-refractivity contribution is 0.174. The Kier molecular flexibility index (Phi) is 3.26. The van der Waals surface area contributed by atoms with Gasteiger partial charge >= 0.3 is 0 Å². The second kappa shape index (κ2) is 5.43. The van der Waals surface area contributed by atoms with Gasteiger partial charge in [0.15, 0.2) is 11.5 Å². The molecule has 0 saturated carbocycles. The van der Waals surface area contributed by atoms with E-state index in [1.807, 2.05) is 37.3 Å². The molecular weight excluding hydrogens is 292 g/mol. The van der Waals surface area contributed by atoms with E-state index in [1.54, 1.807) is 7.11 Å². The van der Waals surface area contributed by atoms with E-state index in [0.29, 0.717) is 0 Å². The quantitative estimate of drug-likeness (QED) is 0.856. The van der Waals surface area contributed by atoms with Crippen molar-refractivity contribution < 1.29 is 14.2 Å². The van der Waals surface area contributed by atoms with Crippen molar-refractivity contribution >= 4 is 11.4 Å². The smallest absolute Gasteiger partial charge is 0.231 e. The van der Waals surface area contributed by atoms with Crippen molar-refractivity contribution in [1.29, 1.82) is 0 Å². The van der Waals surface area contributed by atoms with Gasteiger partial charge < -0.3 is 14.2 Å². The monoisotopic (exact) mass is 308 g/mol. The van der Waals surface area contributed by atoms with Crippen LogP contribution in [0.3, 0.4) is 0 Å². The molecule has 0 aliphatic carbocycles. The predicted octanol–water partition coefficient (Wildman–Crippen LogP) is 3.19. The number of nitrogens with zero attached hydrogens (tertiary/aromatic N) is 2. The molecule has 2 aliphatic heterocycles. The Bertz CT molecular complexity index is 823. The molecule has 2 heterocycles. The molecule has 0 amide bonds. The normalized spacial score (nSPS) is 15.4. The molecule has 5 nitrogen and oxygen atoms in total. The average Bonchev–Trinajstić information content (AvgIpc) is 2.98. The lowest BCUT2D eigenvalue weighted by atomic mass is 9.94. The van der Waals surface area contributed by atoms with E-state index in [2.05, 4.69) is 16.3 Å². The van der Waals surface area contributed by atoms with Crippen LogP contribution in [0.1, 0.15) is 23.6 Å². The summed E-state index contributed by atoms with van der Waals surface area (Å²) in [7, 11) is 1.65. The molecule has 0 saturated heterocycles. The zero-order valence-electron chi connectivity index (χ0n) is 13.0. The van der Waals surface area contributed by atoms with E-state index < -0.39 is 0 Å². The summed E-state index contributed by atoms with van der Waals surface area (Å²) in [6.45, 7) is 2.22. The van der Waals surface area contributed by atoms with E-state index in [0.717, 1.165) is 51.8 Å². The maximum atomic E-state index is 5.71. The summed E-state index contributed by atoms with van der Waals surface area (Å²) in [5, 5.41) is 8.82. The molecular formula is C18H16N2O3. The highest BCUT2D eigenvalue weighted by Gasteiger charge is 2.26. The van der Waals surface area contributed by atoms with Crippen molar-refractivity contribution in [3.8, 4) is 17.2 Å². The summed E-state index contributed by atoms with van der Waals surface area (Å²) in [5.41, 5.74) is 4.83. The second-order valence-corrected chi connectivity index (χ2v) is 5.52. The molecule has 0 bridgehead atoms. The Morgan fingerprint density at radius 2 is 1.83 bits per heavy atom. The van der Waals surface area contributed by atoms with Crippen LogP contribution in [0.2, 0.25) is 0 Å². The number of fused-ring (bicyclic) bond motifs is 3. The zero-order valence-corrected chi connectivity index (χ0v) is 13.0. The van der Waals surface area contributed by atoms with Gasteiger partial charge in [-0.25, -0.2) is 0 Å². The molecule has 2 aliphatic rings. The van der Waals surface area contributed by atoms with E-state index in [4.69, 9.17) is 14.2 Å². The van der Waals surface area contributed by atoms with Crippen LogP contribution in [0.4, 0.5) is 0 Å². The third-order valence-corrected chi connectivity index (χ3v) is 3.99. The molecule has 4 rings (SSSR count). The SMILES string of the molecule is COc1ccc(C2=NN=C(C)Cc3ccc4c(c32)OCO4)cc1. The van der Waals surface area contributed by atoms with Gasteiger partial charge in [-0.3, -0.25) is 0 Å². The molecule has 0 N–H and O–H groups in total. The fraction of sp³-hybridized carbons (Fsp3) is 0.222. The molecule has 0 fully saturated rings. The molecule has 5 heteroatoms. The Labute approximate surface area is 134 Å². The maximum Gasteiger partial charge on any atom is 0.231 e. The minimum absolute atomic E-state index is 0.238. The summed E-state index contributed by atoms with van der Waals surface area (Å²) >= 11 is 0. The second-order valence-electron chi connectivity index (χ2n) is 5.52. The Balaban J connectivity index is 1.91. The lowest BCUT2D eigenvalue weighted by Crippen LogP contribution is -2.08. The van der Waals surface area contributed by atoms with Crippen LogP contribution in [-0.2, 0) is 6.42 Å². The molecule has 0 aromatic heterocycles. The molecule has 116 valence electrons. The Morgan fingerprint density at radius 3 is 2.61 bits per heavy atom. The van der Waals surface area contributed by atoms with Crippen LogP contribution in [0.15, 0.2) is 46.6 Å². The molecule has 2 aromatic rings. The standard InChI is InChI=1S/C18H16N2O3/c1-11-9-13-5-8-15-18(23-10-22-15)16(13)17(20-19-11)12-3-6-14(21-2)7-4-12/h3-8H,9-10H2,1-2H3. The van der Waals surface area contributed by atoms with Gasteiger partial charge in [0.05, 0.1) is 12.7 Å². The van der Waals surface area contributed by atoms with Crippen molar-refractivity contribution in [2.24, 2.45) is 10.2 Å². The van der Waals surface area contributed by atoms with E-state index in [1.165, 1.54) is 0 Å². The summed E-state index contributed by atoms with van der Waals surface area (Å²) in [6.07, 6.45) is 0.745. The molecule has 0 spiro atoms. The first-order valence-corrected chi connectivity index (χ1v) is 7.43. The number of rotatable bonds is 2. The molecule has 0 atom stereocenters. The van der Waals surface area contributed by atoms with Crippen molar-refractivity contribution in [2.75, 3.05) is 13.9 Å². The minimum Gasteiger partial charge on any atom is -0.497 e. The van der Waals surface area contributed by atoms with E-state index in [-0.39, 0.29) is 6.79 Å². The molecule has 23 heavy (non-hydrogen) atoms. The highest BCUT2D eigenvalue weighted by Crippen LogP contribution is 2.40. The van der Waals surface area contributed by atoms with Crippen LogP contribution in [0.5, 0.6) is 17.2 Å². The lowest BCUT2D eigenvalue weighted by Gasteiger charge is -2.12. The summed E-state index contributed by atoms with van der Waals surface area (Å²) in [4.78, 5) is 0. The topological polar surface area (TPSA) is 52.4 Å². The van der Waals surface area contributed by atoms with Crippen molar-refractivity contribution in [3.63, 3.8) is 0 Å². The molecule has 0 unspecified atom stereocenters. The first-order chi connectivity index (χ1) is 11.3. The van der Waals surface area contributed by atoms with E-state index >= 15 is 0 Å². The Hall–Kier alpha value is -2.82. The first kappa shape index (κ1) is 13.8. The van der Waals surface area contributed by atoms with Gasteiger partial charge in [-0.2, -0.15) is 5.10 Å². The third-order valence-electron chi connectivity index (χ3n) is 3.99. The minimum atomic E-state index is 0.238. The third kappa shape index (κ3) is 2.34. The summed E-state index contributed by atoms with van der Waals surface area (Å²) in [5.74, 6) is 2.31. The van der Waals surface area contributed by atoms with Gasteiger partial charge in [-0.1, -0.05) is 6.07 Å². The number of methoxy groups -OCH3 is 1. The maximum absolute atomic E-state index is 5.71. The predicted molar refractivity (Wildman–Crippen MR) is 88.0 cm³/mol. The number of hydrogen-bond acceptors (Lipinski definition) is 5. The van der Waals surface area contributed by atoms with Crippen molar-refractivity contribution in [2.45, 2.75) is 13.3 Å². The largest absolute Gasteiger partial charge is 0.497 e. The van der Waals surface area contributed by atoms with Crippen LogP contribution in [0, 0.1) is 0 Å². The number of benzene rings is 2. The van der Waals surface area contributed by atoms with Crippen LogP contribution >= 0.6 is 0 Å². The van der Waals surface area contributed by atoms with Gasteiger partial charge in [0, 0.05) is 17.7 Å². The van der Waals surface area contributed by atoms with Gasteiger partial charge in [-0.15, -0.1) is 5.10 Å². The van der Waals surface area contributed by atoms with Gasteiger partial charge in [0.1, 0.15) is 11.5 Å². The highest BCUT2D eigenvalue weighted by atomic mass is 16.7. The van der Waals surface area contributed by atoms with Crippen LogP contribution in [-0.4, -0.2) is 25.3 Å². The fourth-order valence-electron chi connectivity index (χ4n) is 2.87. The van der Waals surface area contributed by atoms with Crippen LogP contribution < -0.4 is 14.2 Å². The fourth-order valence-corrected chi connectivity index (χ4v) is 2.87. The van der Waals surface area contributed by atoms with Gasteiger partial charge in [0.25, 0.3) is 0 Å². The average molecular weight is 308 g/mol. The summed E-state index contributed by atoms with van der Waals surface area (Å²) in [6, 6.07) is 11.8. The summed E-state index contributed by atoms with van der Waals surface area (Å²) < 4.78 is 16.5. The Morgan fingerprint density at radius 1 is 1.00 bits per heavy atom. The molecule has 2 aromatic carbocycles. The number of hydrogen-bond donors (Lipinski definition) is 0. The zero-order chi connectivity index (χ0) is 15.8. The van der Waals surface area contributed by atoms with Crippen molar-refractivity contribution in [1.82, 2.24) is 0 Å².